The highest BCUT2D eigenvalue weighted by Crippen LogP contribution is 2.26. The first-order valence-electron chi connectivity index (χ1n) is 5.76. The minimum Gasteiger partial charge on any atom is -0.506 e. The Hall–Kier alpha value is -2.80. The number of nitro benzene ring substituents is 1. The van der Waals surface area contributed by atoms with Crippen molar-refractivity contribution in [2.75, 3.05) is 10.6 Å². The Labute approximate surface area is 124 Å². The highest BCUT2D eigenvalue weighted by molar-refractivity contribution is 6.32. The average molecular weight is 308 g/mol. The van der Waals surface area contributed by atoms with Gasteiger partial charge in [0.1, 0.15) is 5.75 Å². The van der Waals surface area contributed by atoms with Crippen LogP contribution in [-0.4, -0.2) is 16.1 Å². The fraction of sp³-hybridized carbons (Fsp3) is 0. The molecule has 0 saturated heterocycles. The molecule has 0 unspecified atom stereocenters. The minimum atomic E-state index is -0.550. The number of halogens is 1. The molecule has 7 nitrogen and oxygen atoms in total. The van der Waals surface area contributed by atoms with Crippen molar-refractivity contribution >= 4 is 34.7 Å². The molecule has 0 aromatic heterocycles. The number of nitrogens with one attached hydrogen (secondary N) is 2. The second-order valence-corrected chi connectivity index (χ2v) is 4.46. The van der Waals surface area contributed by atoms with E-state index in [4.69, 9.17) is 11.6 Å². The molecule has 108 valence electrons. The molecule has 0 fully saturated rings. The van der Waals surface area contributed by atoms with E-state index >= 15 is 0 Å². The van der Waals surface area contributed by atoms with E-state index in [1.165, 1.54) is 42.5 Å². The van der Waals surface area contributed by atoms with Crippen molar-refractivity contribution < 1.29 is 14.8 Å². The van der Waals surface area contributed by atoms with Crippen LogP contribution in [0.2, 0.25) is 5.02 Å². The van der Waals surface area contributed by atoms with Crippen molar-refractivity contribution in [2.45, 2.75) is 0 Å². The largest absolute Gasteiger partial charge is 0.506 e. The van der Waals surface area contributed by atoms with E-state index in [0.29, 0.717) is 11.4 Å². The van der Waals surface area contributed by atoms with Gasteiger partial charge >= 0.3 is 6.03 Å². The third kappa shape index (κ3) is 3.83. The highest BCUT2D eigenvalue weighted by Gasteiger charge is 2.07. The molecule has 0 spiro atoms. The van der Waals surface area contributed by atoms with Crippen LogP contribution in [0, 0.1) is 10.1 Å². The van der Waals surface area contributed by atoms with E-state index in [0.717, 1.165) is 0 Å². The first-order chi connectivity index (χ1) is 9.95. The lowest BCUT2D eigenvalue weighted by Crippen LogP contribution is -2.19. The van der Waals surface area contributed by atoms with Gasteiger partial charge in [-0.25, -0.2) is 4.79 Å². The zero-order valence-corrected chi connectivity index (χ0v) is 11.3. The summed E-state index contributed by atoms with van der Waals surface area (Å²) < 4.78 is 0. The Bertz CT molecular complexity index is 688. The van der Waals surface area contributed by atoms with Crippen LogP contribution in [0.4, 0.5) is 21.9 Å². The van der Waals surface area contributed by atoms with Gasteiger partial charge in [-0.05, 0) is 24.3 Å². The van der Waals surface area contributed by atoms with Crippen LogP contribution in [0.5, 0.6) is 5.75 Å². The molecule has 0 aliphatic carbocycles. The molecular weight excluding hydrogens is 298 g/mol. The molecule has 0 radical (unpaired) electrons. The topological polar surface area (TPSA) is 104 Å². The van der Waals surface area contributed by atoms with E-state index in [2.05, 4.69) is 10.6 Å². The number of rotatable bonds is 3. The predicted octanol–water partition coefficient (Wildman–Crippen LogP) is 3.60. The van der Waals surface area contributed by atoms with Crippen LogP contribution in [0.1, 0.15) is 0 Å². The molecule has 0 bridgehead atoms. The van der Waals surface area contributed by atoms with Crippen LogP contribution in [-0.2, 0) is 0 Å². The lowest BCUT2D eigenvalue weighted by atomic mass is 10.3. The number of hydrogen-bond donors (Lipinski definition) is 3. The Morgan fingerprint density at radius 1 is 1.10 bits per heavy atom. The number of nitrogens with zero attached hydrogens (tertiary/aromatic N) is 1. The summed E-state index contributed by atoms with van der Waals surface area (Å²) in [5.74, 6) is -0.148. The molecule has 2 aromatic rings. The van der Waals surface area contributed by atoms with Gasteiger partial charge in [-0.15, -0.1) is 0 Å². The van der Waals surface area contributed by atoms with Crippen LogP contribution in [0.25, 0.3) is 0 Å². The third-order valence-electron chi connectivity index (χ3n) is 2.54. The second kappa shape index (κ2) is 6.10. The van der Waals surface area contributed by atoms with E-state index in [1.807, 2.05) is 0 Å². The lowest BCUT2D eigenvalue weighted by Gasteiger charge is -2.08. The SMILES string of the molecule is O=C(Nc1ccc([N+](=O)[O-])cc1)Nc1ccc(Cl)c(O)c1. The number of carbonyl (C=O) groups excluding carboxylic acids is 1. The van der Waals surface area contributed by atoms with E-state index in [9.17, 15) is 20.0 Å². The van der Waals surface area contributed by atoms with Gasteiger partial charge in [0.25, 0.3) is 5.69 Å². The van der Waals surface area contributed by atoms with Gasteiger partial charge in [0.15, 0.2) is 0 Å². The smallest absolute Gasteiger partial charge is 0.323 e. The summed E-state index contributed by atoms with van der Waals surface area (Å²) in [6.45, 7) is 0. The number of non-ortho nitro benzene ring substituents is 1. The zero-order valence-electron chi connectivity index (χ0n) is 10.5. The van der Waals surface area contributed by atoms with Crippen molar-refractivity contribution in [3.8, 4) is 5.75 Å². The molecule has 8 heteroatoms. The van der Waals surface area contributed by atoms with Crippen molar-refractivity contribution in [3.05, 3.63) is 57.6 Å². The molecule has 0 aliphatic rings. The standard InChI is InChI=1S/C13H10ClN3O4/c14-11-6-3-9(7-12(11)18)16-13(19)15-8-1-4-10(5-2-8)17(20)21/h1-7,18H,(H2,15,16,19). The number of urea groups is 1. The van der Waals surface area contributed by atoms with Gasteiger partial charge in [-0.2, -0.15) is 0 Å². The number of hydrogen-bond acceptors (Lipinski definition) is 4. The average Bonchev–Trinajstić information content (AvgIpc) is 2.43. The fourth-order valence-corrected chi connectivity index (χ4v) is 1.67. The van der Waals surface area contributed by atoms with E-state index < -0.39 is 11.0 Å². The predicted molar refractivity (Wildman–Crippen MR) is 78.9 cm³/mol. The molecule has 2 aromatic carbocycles. The van der Waals surface area contributed by atoms with Crippen LogP contribution >= 0.6 is 11.6 Å². The van der Waals surface area contributed by atoms with Gasteiger partial charge in [-0.3, -0.25) is 10.1 Å². The molecule has 0 atom stereocenters. The van der Waals surface area contributed by atoms with Gasteiger partial charge in [-0.1, -0.05) is 11.6 Å². The van der Waals surface area contributed by atoms with Crippen LogP contribution < -0.4 is 10.6 Å². The maximum Gasteiger partial charge on any atom is 0.323 e. The van der Waals surface area contributed by atoms with Crippen LogP contribution in [0.3, 0.4) is 0 Å². The minimum absolute atomic E-state index is 0.0661. The monoisotopic (exact) mass is 307 g/mol. The summed E-state index contributed by atoms with van der Waals surface area (Å²) >= 11 is 5.65. The molecule has 2 rings (SSSR count). The number of nitro groups is 1. The number of carbonyl (C=O) groups is 1. The third-order valence-corrected chi connectivity index (χ3v) is 2.86. The maximum atomic E-state index is 11.7. The molecular formula is C13H10ClN3O4. The van der Waals surface area contributed by atoms with Crippen LogP contribution in [0.15, 0.2) is 42.5 Å². The van der Waals surface area contributed by atoms with Gasteiger partial charge in [0.05, 0.1) is 9.95 Å². The molecule has 3 N–H and O–H groups in total. The highest BCUT2D eigenvalue weighted by atomic mass is 35.5. The fourth-order valence-electron chi connectivity index (χ4n) is 1.55. The molecule has 21 heavy (non-hydrogen) atoms. The number of aromatic hydroxyl groups is 1. The molecule has 0 saturated carbocycles. The van der Waals surface area contributed by atoms with Crippen molar-refractivity contribution in [1.82, 2.24) is 0 Å². The summed E-state index contributed by atoms with van der Waals surface area (Å²) in [5, 5.41) is 25.1. The quantitative estimate of drug-likeness (QED) is 0.595. The molecule has 0 aliphatic heterocycles. The first-order valence-corrected chi connectivity index (χ1v) is 6.14. The number of amides is 2. The summed E-state index contributed by atoms with van der Waals surface area (Å²) in [7, 11) is 0. The Morgan fingerprint density at radius 2 is 1.67 bits per heavy atom. The van der Waals surface area contributed by atoms with E-state index in [-0.39, 0.29) is 16.5 Å². The number of phenols is 1. The Balaban J connectivity index is 2.01. The van der Waals surface area contributed by atoms with Gasteiger partial charge in [0, 0.05) is 29.6 Å². The van der Waals surface area contributed by atoms with Gasteiger partial charge < -0.3 is 15.7 Å². The number of phenolic OH excluding ortho intramolecular Hbond substituents is 1. The molecule has 2 amide bonds. The zero-order chi connectivity index (χ0) is 15.4. The van der Waals surface area contributed by atoms with Crippen molar-refractivity contribution in [2.24, 2.45) is 0 Å². The van der Waals surface area contributed by atoms with Crippen molar-refractivity contribution in [3.63, 3.8) is 0 Å². The summed E-state index contributed by atoms with van der Waals surface area (Å²) in [4.78, 5) is 21.7. The summed E-state index contributed by atoms with van der Waals surface area (Å²) in [6, 6.07) is 9.11. The van der Waals surface area contributed by atoms with Crippen molar-refractivity contribution in [1.29, 1.82) is 0 Å². The first kappa shape index (κ1) is 14.6. The maximum absolute atomic E-state index is 11.7. The Kier molecular flexibility index (Phi) is 4.24. The lowest BCUT2D eigenvalue weighted by molar-refractivity contribution is -0.384. The Morgan fingerprint density at radius 3 is 2.24 bits per heavy atom. The summed E-state index contributed by atoms with van der Waals surface area (Å²) in [5.41, 5.74) is 0.691. The number of anilines is 2. The summed E-state index contributed by atoms with van der Waals surface area (Å²) in [6.07, 6.45) is 0. The number of benzene rings is 2. The molecule has 0 heterocycles. The van der Waals surface area contributed by atoms with E-state index in [1.54, 1.807) is 0 Å². The second-order valence-electron chi connectivity index (χ2n) is 4.05. The van der Waals surface area contributed by atoms with Gasteiger partial charge in [0.2, 0.25) is 0 Å². The normalized spacial score (nSPS) is 9.95.